The molecule has 1 heterocycles. The fourth-order valence-electron chi connectivity index (χ4n) is 2.84. The van der Waals surface area contributed by atoms with Crippen LogP contribution in [0.15, 0.2) is 0 Å². The molecule has 0 aromatic heterocycles. The highest BCUT2D eigenvalue weighted by molar-refractivity contribution is 7.64. The molecule has 83 valence electrons. The molecule has 1 saturated heterocycles. The van der Waals surface area contributed by atoms with Gasteiger partial charge in [0.2, 0.25) is 0 Å². The monoisotopic (exact) mass is 221 g/mol. The first kappa shape index (κ1) is 11.9. The van der Waals surface area contributed by atoms with Crippen molar-refractivity contribution < 1.29 is 0 Å². The molecule has 0 bridgehead atoms. The van der Waals surface area contributed by atoms with Crippen molar-refractivity contribution in [2.45, 2.75) is 57.3 Å². The van der Waals surface area contributed by atoms with Gasteiger partial charge in [0.1, 0.15) is 0 Å². The maximum Gasteiger partial charge on any atom is 0.00803 e. The maximum atomic E-state index is 2.36. The van der Waals surface area contributed by atoms with Crippen LogP contribution in [0.1, 0.15) is 46.0 Å². The Hall–Kier alpha value is 0.430. The average Bonchev–Trinajstić information content (AvgIpc) is 2.69. The van der Waals surface area contributed by atoms with Crippen molar-refractivity contribution >= 4 is 7.92 Å². The number of rotatable bonds is 5. The van der Waals surface area contributed by atoms with Gasteiger partial charge in [0, 0.05) is 5.66 Å². The van der Waals surface area contributed by atoms with Crippen molar-refractivity contribution in [1.29, 1.82) is 0 Å². The normalized spacial score (nSPS) is 33.2. The molecule has 0 N–H and O–H groups in total. The molecule has 5 radical (unpaired) electrons. The minimum atomic E-state index is 0.206. The van der Waals surface area contributed by atoms with E-state index in [9.17, 15) is 0 Å². The zero-order chi connectivity index (χ0) is 10.7. The molecule has 2 atom stereocenters. The fraction of sp³-hybridized carbons (Fsp3) is 0.643. The van der Waals surface area contributed by atoms with Crippen LogP contribution in [0, 0.1) is 31.3 Å². The van der Waals surface area contributed by atoms with Gasteiger partial charge >= 0.3 is 0 Å². The van der Waals surface area contributed by atoms with Gasteiger partial charge in [-0.25, -0.2) is 0 Å². The molecule has 0 amide bonds. The molecule has 0 aromatic carbocycles. The van der Waals surface area contributed by atoms with E-state index in [1.54, 1.807) is 5.66 Å². The molecular formula is C14H22P. The molecular weight excluding hydrogens is 199 g/mol. The summed E-state index contributed by atoms with van der Waals surface area (Å²) in [6, 6.07) is 0. The van der Waals surface area contributed by atoms with Gasteiger partial charge in [0.25, 0.3) is 0 Å². The smallest absolute Gasteiger partial charge is 0.00803 e. The van der Waals surface area contributed by atoms with Crippen LogP contribution in [0.3, 0.4) is 0 Å². The quantitative estimate of drug-likeness (QED) is 0.596. The van der Waals surface area contributed by atoms with E-state index in [4.69, 9.17) is 0 Å². The van der Waals surface area contributed by atoms with Crippen LogP contribution in [0.5, 0.6) is 0 Å². The van der Waals surface area contributed by atoms with Gasteiger partial charge in [-0.3, -0.25) is 0 Å². The minimum absolute atomic E-state index is 0.206. The van der Waals surface area contributed by atoms with E-state index in [0.29, 0.717) is 0 Å². The van der Waals surface area contributed by atoms with E-state index >= 15 is 0 Å². The summed E-state index contributed by atoms with van der Waals surface area (Å²) in [7, 11) is 0.206. The van der Waals surface area contributed by atoms with Crippen LogP contribution < -0.4 is 0 Å². The summed E-state index contributed by atoms with van der Waals surface area (Å²) in [6.45, 7) is 4.65. The van der Waals surface area contributed by atoms with Crippen molar-refractivity contribution in [2.24, 2.45) is 0 Å². The SMILES string of the molecule is CCC[C@H]1C[C@H](CCC)P1[C]1[CH][CH][CH][CH]1. The second kappa shape index (κ2) is 5.67. The maximum absolute atomic E-state index is 2.36. The molecule has 2 fully saturated rings. The summed E-state index contributed by atoms with van der Waals surface area (Å²) < 4.78 is 0. The van der Waals surface area contributed by atoms with Gasteiger partial charge in [-0.05, 0) is 56.3 Å². The summed E-state index contributed by atoms with van der Waals surface area (Å²) in [5, 5.41) is 0. The molecule has 0 aromatic rings. The second-order valence-electron chi connectivity index (χ2n) is 4.67. The predicted octanol–water partition coefficient (Wildman–Crippen LogP) is 4.57. The highest BCUT2D eigenvalue weighted by atomic mass is 31.1. The number of hydrogen-bond donors (Lipinski definition) is 0. The average molecular weight is 221 g/mol. The Morgan fingerprint density at radius 2 is 1.60 bits per heavy atom. The summed E-state index contributed by atoms with van der Waals surface area (Å²) in [4.78, 5) is 0. The molecule has 0 spiro atoms. The first-order chi connectivity index (χ1) is 7.36. The van der Waals surface area contributed by atoms with Gasteiger partial charge in [-0.15, -0.1) is 0 Å². The standard InChI is InChI=1S/C14H22P/c1-3-7-13-11-14(8-4-2)15(13)12-9-5-6-10-12/h5-6,9-10,13-14H,3-4,7-8,11H2,1-2H3/t13-,14-/m0/s1. The number of hydrogen-bond acceptors (Lipinski definition) is 0. The molecule has 15 heavy (non-hydrogen) atoms. The zero-order valence-corrected chi connectivity index (χ0v) is 10.8. The lowest BCUT2D eigenvalue weighted by Gasteiger charge is -2.49. The first-order valence-corrected chi connectivity index (χ1v) is 7.84. The Kier molecular flexibility index (Phi) is 4.50. The lowest BCUT2D eigenvalue weighted by Crippen LogP contribution is -2.32. The summed E-state index contributed by atoms with van der Waals surface area (Å²) >= 11 is 0. The van der Waals surface area contributed by atoms with Crippen molar-refractivity contribution in [1.82, 2.24) is 0 Å². The van der Waals surface area contributed by atoms with E-state index < -0.39 is 0 Å². The van der Waals surface area contributed by atoms with E-state index in [-0.39, 0.29) is 7.92 Å². The van der Waals surface area contributed by atoms with E-state index in [1.165, 1.54) is 32.1 Å². The van der Waals surface area contributed by atoms with Crippen LogP contribution >= 0.6 is 7.92 Å². The van der Waals surface area contributed by atoms with Crippen molar-refractivity contribution in [3.05, 3.63) is 31.3 Å². The van der Waals surface area contributed by atoms with Crippen LogP contribution in [-0.2, 0) is 0 Å². The van der Waals surface area contributed by atoms with Crippen molar-refractivity contribution in [2.75, 3.05) is 0 Å². The van der Waals surface area contributed by atoms with Crippen molar-refractivity contribution in [3.8, 4) is 0 Å². The first-order valence-electron chi connectivity index (χ1n) is 6.36. The highest BCUT2D eigenvalue weighted by Crippen LogP contribution is 2.70. The molecule has 2 aliphatic rings. The summed E-state index contributed by atoms with van der Waals surface area (Å²) in [5.74, 6) is 0. The van der Waals surface area contributed by atoms with Crippen LogP contribution in [-0.4, -0.2) is 11.3 Å². The minimum Gasteiger partial charge on any atom is -0.0924 e. The molecule has 1 aliphatic heterocycles. The van der Waals surface area contributed by atoms with Gasteiger partial charge < -0.3 is 0 Å². The molecule has 1 heteroatoms. The third kappa shape index (κ3) is 2.57. The lowest BCUT2D eigenvalue weighted by atomic mass is 10.1. The van der Waals surface area contributed by atoms with Gasteiger partial charge in [0.15, 0.2) is 0 Å². The van der Waals surface area contributed by atoms with Crippen LogP contribution in [0.4, 0.5) is 0 Å². The van der Waals surface area contributed by atoms with Gasteiger partial charge in [-0.1, -0.05) is 34.6 Å². The van der Waals surface area contributed by atoms with Crippen molar-refractivity contribution in [3.63, 3.8) is 0 Å². The summed E-state index contributed by atoms with van der Waals surface area (Å²) in [5.41, 5.74) is 3.76. The molecule has 1 aliphatic carbocycles. The molecule has 2 rings (SSSR count). The summed E-state index contributed by atoms with van der Waals surface area (Å²) in [6.07, 6.45) is 16.3. The molecule has 1 saturated carbocycles. The Morgan fingerprint density at radius 3 is 2.07 bits per heavy atom. The Labute approximate surface area is 97.0 Å². The zero-order valence-electron chi connectivity index (χ0n) is 9.95. The van der Waals surface area contributed by atoms with E-state index in [1.807, 2.05) is 0 Å². The Bertz CT molecular complexity index is 172. The van der Waals surface area contributed by atoms with E-state index in [2.05, 4.69) is 39.5 Å². The fourth-order valence-corrected chi connectivity index (χ4v) is 6.44. The Morgan fingerprint density at radius 1 is 1.07 bits per heavy atom. The highest BCUT2D eigenvalue weighted by Gasteiger charge is 2.44. The van der Waals surface area contributed by atoms with Gasteiger partial charge in [0.05, 0.1) is 0 Å². The van der Waals surface area contributed by atoms with Gasteiger partial charge in [-0.2, -0.15) is 0 Å². The predicted molar refractivity (Wildman–Crippen MR) is 69.4 cm³/mol. The Balaban J connectivity index is 1.88. The second-order valence-corrected chi connectivity index (χ2v) is 7.46. The third-order valence-electron chi connectivity index (χ3n) is 3.52. The largest absolute Gasteiger partial charge is 0.0924 e. The lowest BCUT2D eigenvalue weighted by molar-refractivity contribution is 0.559. The molecule has 0 unspecified atom stereocenters. The molecule has 0 nitrogen and oxygen atoms in total. The topological polar surface area (TPSA) is 0 Å². The van der Waals surface area contributed by atoms with Crippen LogP contribution in [0.25, 0.3) is 0 Å². The van der Waals surface area contributed by atoms with E-state index in [0.717, 1.165) is 11.3 Å². The third-order valence-corrected chi connectivity index (χ3v) is 6.92. The van der Waals surface area contributed by atoms with Crippen LogP contribution in [0.2, 0.25) is 0 Å².